The van der Waals surface area contributed by atoms with Crippen molar-refractivity contribution in [1.29, 1.82) is 0 Å². The number of hydrogen-bond donors (Lipinski definition) is 0. The summed E-state index contributed by atoms with van der Waals surface area (Å²) in [6, 6.07) is 11.5. The van der Waals surface area contributed by atoms with Crippen LogP contribution in [0.25, 0.3) is 6.08 Å². The average molecular weight is 613 g/mol. The van der Waals surface area contributed by atoms with E-state index in [4.69, 9.17) is 14.2 Å². The third-order valence-corrected chi connectivity index (χ3v) is 10.1. The van der Waals surface area contributed by atoms with Crippen LogP contribution in [0, 0.1) is 12.8 Å². The molecule has 45 heavy (non-hydrogen) atoms. The van der Waals surface area contributed by atoms with E-state index >= 15 is 0 Å². The van der Waals surface area contributed by atoms with Gasteiger partial charge in [-0.2, -0.15) is 0 Å². The number of piperidine rings is 1. The summed E-state index contributed by atoms with van der Waals surface area (Å²) in [5.41, 5.74) is 2.57. The number of aryl methyl sites for hydroxylation is 1. The van der Waals surface area contributed by atoms with Crippen molar-refractivity contribution in [2.24, 2.45) is 5.92 Å². The zero-order valence-corrected chi connectivity index (χ0v) is 27.0. The molecule has 1 saturated heterocycles. The standard InChI is InChI=1S/C37H44N2O6/c1-7-18-38-19-17-36-33-28-12-13-30(43-25(5)40)34(33)44-35(36)29(15-16-37(36,31(38)21-28)45-26(6)41)39(22-23(2)3)32(42)14-11-27-10-8-9-24(4)20-27/h7-14,20,23,29,31,35H,1,15-19,21-22H2,2-6H3/t29-,31+,35-,36-,37+/m0/s1. The first-order valence-electron chi connectivity index (χ1n) is 16.1. The quantitative estimate of drug-likeness (QED) is 0.162. The molecule has 1 amide bonds. The van der Waals surface area contributed by atoms with Crippen LogP contribution in [-0.4, -0.2) is 71.1 Å². The summed E-state index contributed by atoms with van der Waals surface area (Å²) in [7, 11) is 0. The van der Waals surface area contributed by atoms with Crippen LogP contribution in [-0.2, 0) is 31.0 Å². The van der Waals surface area contributed by atoms with Gasteiger partial charge in [0, 0.05) is 45.1 Å². The van der Waals surface area contributed by atoms with E-state index in [2.05, 4.69) is 31.4 Å². The molecule has 0 aromatic heterocycles. The zero-order valence-electron chi connectivity index (χ0n) is 27.0. The Morgan fingerprint density at radius 3 is 2.64 bits per heavy atom. The maximum atomic E-state index is 14.1. The molecule has 8 heteroatoms. The van der Waals surface area contributed by atoms with Gasteiger partial charge < -0.3 is 19.1 Å². The van der Waals surface area contributed by atoms with Crippen molar-refractivity contribution >= 4 is 23.9 Å². The fraction of sp³-hybridized carbons (Fsp3) is 0.486. The molecular weight excluding hydrogens is 568 g/mol. The number of hydrogen-bond acceptors (Lipinski definition) is 7. The van der Waals surface area contributed by atoms with Crippen LogP contribution in [0.1, 0.15) is 69.2 Å². The highest BCUT2D eigenvalue weighted by molar-refractivity contribution is 5.92. The van der Waals surface area contributed by atoms with Crippen LogP contribution in [0.3, 0.4) is 0 Å². The van der Waals surface area contributed by atoms with Gasteiger partial charge in [0.05, 0.1) is 17.5 Å². The molecule has 0 N–H and O–H groups in total. The molecule has 0 radical (unpaired) electrons. The zero-order chi connectivity index (χ0) is 32.1. The number of carbonyl (C=O) groups is 3. The lowest BCUT2D eigenvalue weighted by Gasteiger charge is -2.65. The van der Waals surface area contributed by atoms with Crippen LogP contribution in [0.15, 0.2) is 55.1 Å². The highest BCUT2D eigenvalue weighted by atomic mass is 16.6. The van der Waals surface area contributed by atoms with Gasteiger partial charge in [-0.1, -0.05) is 55.8 Å². The number of carbonyl (C=O) groups excluding carboxylic acids is 3. The van der Waals surface area contributed by atoms with Gasteiger partial charge >= 0.3 is 11.9 Å². The summed E-state index contributed by atoms with van der Waals surface area (Å²) in [4.78, 5) is 43.7. The number of nitrogens with zero attached hydrogens (tertiary/aromatic N) is 2. The van der Waals surface area contributed by atoms with Crippen molar-refractivity contribution in [2.45, 2.75) is 89.5 Å². The third kappa shape index (κ3) is 5.07. The van der Waals surface area contributed by atoms with Gasteiger partial charge in [-0.15, -0.1) is 6.58 Å². The highest BCUT2D eigenvalue weighted by Gasteiger charge is 2.75. The summed E-state index contributed by atoms with van der Waals surface area (Å²) in [6.45, 7) is 15.1. The molecule has 2 aliphatic heterocycles. The van der Waals surface area contributed by atoms with E-state index in [1.165, 1.54) is 13.8 Å². The largest absolute Gasteiger partial charge is 0.483 e. The first kappa shape index (κ1) is 31.1. The highest BCUT2D eigenvalue weighted by Crippen LogP contribution is 2.67. The lowest BCUT2D eigenvalue weighted by atomic mass is 9.48. The predicted molar refractivity (Wildman–Crippen MR) is 172 cm³/mol. The number of rotatable bonds is 9. The number of esters is 2. The third-order valence-electron chi connectivity index (χ3n) is 10.1. The van der Waals surface area contributed by atoms with Gasteiger partial charge in [-0.05, 0) is 61.8 Å². The van der Waals surface area contributed by atoms with Gasteiger partial charge in [-0.25, -0.2) is 0 Å². The molecule has 2 aromatic rings. The van der Waals surface area contributed by atoms with Crippen LogP contribution < -0.4 is 9.47 Å². The summed E-state index contributed by atoms with van der Waals surface area (Å²) < 4.78 is 19.3. The van der Waals surface area contributed by atoms with Gasteiger partial charge in [0.1, 0.15) is 11.7 Å². The van der Waals surface area contributed by atoms with Crippen LogP contribution in [0.5, 0.6) is 11.5 Å². The Morgan fingerprint density at radius 1 is 1.16 bits per heavy atom. The minimum Gasteiger partial charge on any atom is -0.483 e. The Bertz CT molecular complexity index is 1560. The second-order valence-electron chi connectivity index (χ2n) is 13.5. The molecule has 0 unspecified atom stereocenters. The summed E-state index contributed by atoms with van der Waals surface area (Å²) in [6.07, 6.45) is 7.45. The van der Waals surface area contributed by atoms with E-state index in [0.717, 1.165) is 28.8 Å². The molecule has 4 aliphatic rings. The Kier molecular flexibility index (Phi) is 8.14. The molecule has 2 aromatic carbocycles. The van der Waals surface area contributed by atoms with Gasteiger partial charge in [0.15, 0.2) is 11.5 Å². The molecule has 2 heterocycles. The molecule has 2 fully saturated rings. The second kappa shape index (κ2) is 11.8. The molecule has 6 rings (SSSR count). The first-order chi connectivity index (χ1) is 21.5. The average Bonchev–Trinajstić information content (AvgIpc) is 3.32. The van der Waals surface area contributed by atoms with Crippen molar-refractivity contribution in [1.82, 2.24) is 9.80 Å². The molecule has 2 aliphatic carbocycles. The normalized spacial score (nSPS) is 27.9. The van der Waals surface area contributed by atoms with Gasteiger partial charge in [0.2, 0.25) is 5.91 Å². The fourth-order valence-corrected chi connectivity index (χ4v) is 8.79. The Hall–Kier alpha value is -3.91. The summed E-state index contributed by atoms with van der Waals surface area (Å²) in [5.74, 6) is 0.276. The molecule has 1 saturated carbocycles. The Labute approximate surface area is 266 Å². The Balaban J connectivity index is 1.50. The molecule has 8 nitrogen and oxygen atoms in total. The van der Waals surface area contributed by atoms with Gasteiger partial charge in [0.25, 0.3) is 0 Å². The maximum absolute atomic E-state index is 14.1. The second-order valence-corrected chi connectivity index (χ2v) is 13.5. The van der Waals surface area contributed by atoms with E-state index in [9.17, 15) is 14.4 Å². The fourth-order valence-electron chi connectivity index (χ4n) is 8.79. The molecular formula is C37H44N2O6. The first-order valence-corrected chi connectivity index (χ1v) is 16.1. The van der Waals surface area contributed by atoms with Crippen LogP contribution in [0.2, 0.25) is 0 Å². The molecule has 5 atom stereocenters. The van der Waals surface area contributed by atoms with Crippen molar-refractivity contribution < 1.29 is 28.6 Å². The van der Waals surface area contributed by atoms with E-state index < -0.39 is 23.1 Å². The lowest BCUT2D eigenvalue weighted by Crippen LogP contribution is -2.79. The molecule has 1 spiro atoms. The smallest absolute Gasteiger partial charge is 0.308 e. The Morgan fingerprint density at radius 2 is 1.96 bits per heavy atom. The SMILES string of the molecule is C=CCN1CC[C@]23c4c5ccc(OC(C)=O)c4O[C@H]2[C@@H](N(CC(C)C)C(=O)C=Cc2cccc(C)c2)CC[C@@]3(OC(C)=O)[C@H]1C5. The van der Waals surface area contributed by atoms with E-state index in [1.807, 2.05) is 54.3 Å². The minimum atomic E-state index is -0.877. The number of ether oxygens (including phenoxy) is 3. The number of benzene rings is 2. The maximum Gasteiger partial charge on any atom is 0.308 e. The predicted octanol–water partition coefficient (Wildman–Crippen LogP) is 5.40. The van der Waals surface area contributed by atoms with E-state index in [1.54, 1.807) is 6.08 Å². The van der Waals surface area contributed by atoms with Gasteiger partial charge in [-0.3, -0.25) is 19.3 Å². The van der Waals surface area contributed by atoms with E-state index in [0.29, 0.717) is 50.3 Å². The summed E-state index contributed by atoms with van der Waals surface area (Å²) >= 11 is 0. The van der Waals surface area contributed by atoms with E-state index in [-0.39, 0.29) is 29.9 Å². The number of likely N-dealkylation sites (tertiary alicyclic amines) is 1. The lowest BCUT2D eigenvalue weighted by molar-refractivity contribution is -0.223. The topological polar surface area (TPSA) is 85.4 Å². The van der Waals surface area contributed by atoms with Crippen LogP contribution in [0.4, 0.5) is 0 Å². The minimum absolute atomic E-state index is 0.0805. The van der Waals surface area contributed by atoms with Crippen molar-refractivity contribution in [3.63, 3.8) is 0 Å². The monoisotopic (exact) mass is 612 g/mol. The molecule has 238 valence electrons. The van der Waals surface area contributed by atoms with Crippen molar-refractivity contribution in [3.05, 3.63) is 77.4 Å². The van der Waals surface area contributed by atoms with Crippen molar-refractivity contribution in [2.75, 3.05) is 19.6 Å². The van der Waals surface area contributed by atoms with Crippen LogP contribution >= 0.6 is 0 Å². The van der Waals surface area contributed by atoms with Crippen molar-refractivity contribution in [3.8, 4) is 11.5 Å². The summed E-state index contributed by atoms with van der Waals surface area (Å²) in [5, 5.41) is 0. The number of amides is 1. The molecule has 2 bridgehead atoms.